The second kappa shape index (κ2) is 9.03. The van der Waals surface area contributed by atoms with E-state index < -0.39 is 28.8 Å². The van der Waals surface area contributed by atoms with Crippen LogP contribution in [0.2, 0.25) is 0 Å². The standard InChI is InChI=1S/C22H20F3N3O3/c1-3-11-31-19-10-9-15(22(23,24)25)13-17(19)26-21(30)20-18(29)12-14(2)28(27-20)16-7-5-4-6-8-16/h4-10,12-13H,3,11H2,1-2H3,(H,26,30). The van der Waals surface area contributed by atoms with E-state index in [-0.39, 0.29) is 18.0 Å². The number of hydrogen-bond donors (Lipinski definition) is 1. The lowest BCUT2D eigenvalue weighted by atomic mass is 10.1. The number of rotatable bonds is 6. The van der Waals surface area contributed by atoms with Crippen molar-refractivity contribution in [2.45, 2.75) is 26.4 Å². The van der Waals surface area contributed by atoms with Crippen LogP contribution in [0.25, 0.3) is 5.69 Å². The van der Waals surface area contributed by atoms with Gasteiger partial charge in [0.15, 0.2) is 5.69 Å². The molecule has 0 aliphatic carbocycles. The Balaban J connectivity index is 2.00. The lowest BCUT2D eigenvalue weighted by Crippen LogP contribution is -2.27. The second-order valence-corrected chi connectivity index (χ2v) is 6.76. The van der Waals surface area contributed by atoms with Crippen molar-refractivity contribution in [3.63, 3.8) is 0 Å². The van der Waals surface area contributed by atoms with Crippen molar-refractivity contribution < 1.29 is 22.7 Å². The summed E-state index contributed by atoms with van der Waals surface area (Å²) in [6.07, 6.45) is -3.99. The number of benzene rings is 2. The molecule has 3 rings (SSSR count). The molecule has 0 saturated heterocycles. The molecule has 9 heteroatoms. The van der Waals surface area contributed by atoms with Gasteiger partial charge < -0.3 is 10.1 Å². The molecule has 6 nitrogen and oxygen atoms in total. The minimum absolute atomic E-state index is 0.0682. The molecule has 0 saturated carbocycles. The van der Waals surface area contributed by atoms with Gasteiger partial charge in [-0.05, 0) is 43.7 Å². The molecule has 3 aromatic rings. The van der Waals surface area contributed by atoms with Gasteiger partial charge in [-0.25, -0.2) is 4.68 Å². The molecule has 31 heavy (non-hydrogen) atoms. The molecule has 0 unspecified atom stereocenters. The molecule has 1 heterocycles. The molecule has 2 aromatic carbocycles. The third-order valence-electron chi connectivity index (χ3n) is 4.34. The number of nitrogens with one attached hydrogen (secondary N) is 1. The van der Waals surface area contributed by atoms with E-state index in [0.29, 0.717) is 17.8 Å². The van der Waals surface area contributed by atoms with Crippen LogP contribution in [0.3, 0.4) is 0 Å². The fourth-order valence-corrected chi connectivity index (χ4v) is 2.86. The molecular weight excluding hydrogens is 411 g/mol. The number of anilines is 1. The van der Waals surface area contributed by atoms with E-state index in [4.69, 9.17) is 4.74 Å². The summed E-state index contributed by atoms with van der Waals surface area (Å²) in [4.78, 5) is 25.2. The Hall–Kier alpha value is -3.62. The Morgan fingerprint density at radius 1 is 1.13 bits per heavy atom. The Kier molecular flexibility index (Phi) is 6.43. The number of hydrogen-bond acceptors (Lipinski definition) is 4. The minimum atomic E-state index is -4.61. The predicted molar refractivity (Wildman–Crippen MR) is 110 cm³/mol. The molecule has 1 aromatic heterocycles. The van der Waals surface area contributed by atoms with E-state index in [1.165, 1.54) is 10.7 Å². The Morgan fingerprint density at radius 3 is 2.48 bits per heavy atom. The molecular formula is C22H20F3N3O3. The molecule has 0 bridgehead atoms. The van der Waals surface area contributed by atoms with E-state index in [2.05, 4.69) is 10.4 Å². The summed E-state index contributed by atoms with van der Waals surface area (Å²) in [6.45, 7) is 3.75. The number of ether oxygens (including phenoxy) is 1. The van der Waals surface area contributed by atoms with Gasteiger partial charge in [0.1, 0.15) is 5.75 Å². The first kappa shape index (κ1) is 22.1. The lowest BCUT2D eigenvalue weighted by Gasteiger charge is -2.15. The number of halogens is 3. The lowest BCUT2D eigenvalue weighted by molar-refractivity contribution is -0.137. The maximum atomic E-state index is 13.1. The summed E-state index contributed by atoms with van der Waals surface area (Å²) in [5, 5.41) is 6.48. The van der Waals surface area contributed by atoms with Gasteiger partial charge in [-0.2, -0.15) is 18.3 Å². The molecule has 0 aliphatic rings. The van der Waals surface area contributed by atoms with Crippen LogP contribution in [0.4, 0.5) is 18.9 Å². The van der Waals surface area contributed by atoms with Gasteiger partial charge in [0.2, 0.25) is 5.43 Å². The molecule has 0 radical (unpaired) electrons. The SMILES string of the molecule is CCCOc1ccc(C(F)(F)F)cc1NC(=O)c1nn(-c2ccccc2)c(C)cc1=O. The Bertz CT molecular complexity index is 1140. The van der Waals surface area contributed by atoms with Crippen molar-refractivity contribution in [2.75, 3.05) is 11.9 Å². The average Bonchev–Trinajstić information content (AvgIpc) is 2.72. The quantitative estimate of drug-likeness (QED) is 0.619. The first-order valence-corrected chi connectivity index (χ1v) is 9.52. The zero-order valence-electron chi connectivity index (χ0n) is 16.9. The van der Waals surface area contributed by atoms with Gasteiger partial charge in [-0.1, -0.05) is 25.1 Å². The number of alkyl halides is 3. The van der Waals surface area contributed by atoms with Crippen molar-refractivity contribution in [3.05, 3.63) is 81.8 Å². The third-order valence-corrected chi connectivity index (χ3v) is 4.34. The fraction of sp³-hybridized carbons (Fsp3) is 0.227. The van der Waals surface area contributed by atoms with Gasteiger partial charge in [0, 0.05) is 11.8 Å². The van der Waals surface area contributed by atoms with Crippen LogP contribution in [0.15, 0.2) is 59.4 Å². The number of aryl methyl sites for hydroxylation is 1. The minimum Gasteiger partial charge on any atom is -0.491 e. The van der Waals surface area contributed by atoms with Gasteiger partial charge in [0.05, 0.1) is 23.5 Å². The van der Waals surface area contributed by atoms with Gasteiger partial charge >= 0.3 is 6.18 Å². The Morgan fingerprint density at radius 2 is 1.84 bits per heavy atom. The highest BCUT2D eigenvalue weighted by molar-refractivity contribution is 6.03. The van der Waals surface area contributed by atoms with Crippen LogP contribution in [0, 0.1) is 6.92 Å². The topological polar surface area (TPSA) is 73.2 Å². The van der Waals surface area contributed by atoms with Crippen LogP contribution in [0.5, 0.6) is 5.75 Å². The summed E-state index contributed by atoms with van der Waals surface area (Å²) in [6, 6.07) is 12.9. The van der Waals surface area contributed by atoms with Crippen LogP contribution in [0.1, 0.15) is 35.1 Å². The van der Waals surface area contributed by atoms with Gasteiger partial charge in [0.25, 0.3) is 5.91 Å². The van der Waals surface area contributed by atoms with Crippen LogP contribution < -0.4 is 15.5 Å². The van der Waals surface area contributed by atoms with E-state index in [9.17, 15) is 22.8 Å². The predicted octanol–water partition coefficient (Wildman–Crippen LogP) is 4.60. The van der Waals surface area contributed by atoms with Gasteiger partial charge in [-0.15, -0.1) is 0 Å². The Labute approximate surface area is 176 Å². The highest BCUT2D eigenvalue weighted by Crippen LogP contribution is 2.35. The maximum Gasteiger partial charge on any atom is 0.416 e. The van der Waals surface area contributed by atoms with Crippen molar-refractivity contribution in [1.29, 1.82) is 0 Å². The molecule has 0 aliphatic heterocycles. The van der Waals surface area contributed by atoms with Crippen LogP contribution >= 0.6 is 0 Å². The summed E-state index contributed by atoms with van der Waals surface area (Å²) < 4.78 is 46.3. The zero-order valence-corrected chi connectivity index (χ0v) is 16.9. The molecule has 0 atom stereocenters. The highest BCUT2D eigenvalue weighted by Gasteiger charge is 2.31. The third kappa shape index (κ3) is 5.11. The molecule has 0 fully saturated rings. The first-order valence-electron chi connectivity index (χ1n) is 9.52. The van der Waals surface area contributed by atoms with Crippen molar-refractivity contribution in [1.82, 2.24) is 9.78 Å². The summed E-state index contributed by atoms with van der Waals surface area (Å²) in [7, 11) is 0. The van der Waals surface area contributed by atoms with Crippen LogP contribution in [-0.4, -0.2) is 22.3 Å². The maximum absolute atomic E-state index is 13.1. The van der Waals surface area contributed by atoms with Crippen molar-refractivity contribution in [2.24, 2.45) is 0 Å². The molecule has 1 N–H and O–H groups in total. The number of carbonyl (C=O) groups excluding carboxylic acids is 1. The second-order valence-electron chi connectivity index (χ2n) is 6.76. The smallest absolute Gasteiger partial charge is 0.416 e. The summed E-state index contributed by atoms with van der Waals surface area (Å²) in [5.74, 6) is -0.867. The van der Waals surface area contributed by atoms with Crippen molar-refractivity contribution in [3.8, 4) is 11.4 Å². The van der Waals surface area contributed by atoms with Crippen LogP contribution in [-0.2, 0) is 6.18 Å². The number of carbonyl (C=O) groups is 1. The number of para-hydroxylation sites is 1. The van der Waals surface area contributed by atoms with E-state index in [1.807, 2.05) is 6.92 Å². The highest BCUT2D eigenvalue weighted by atomic mass is 19.4. The normalized spacial score (nSPS) is 11.3. The fourth-order valence-electron chi connectivity index (χ4n) is 2.86. The summed E-state index contributed by atoms with van der Waals surface area (Å²) >= 11 is 0. The molecule has 162 valence electrons. The van der Waals surface area contributed by atoms with E-state index in [1.54, 1.807) is 37.3 Å². The monoisotopic (exact) mass is 431 g/mol. The largest absolute Gasteiger partial charge is 0.491 e. The van der Waals surface area contributed by atoms with Gasteiger partial charge in [-0.3, -0.25) is 9.59 Å². The number of nitrogens with zero attached hydrogens (tertiary/aromatic N) is 2. The average molecular weight is 431 g/mol. The zero-order chi connectivity index (χ0) is 22.6. The number of aromatic nitrogens is 2. The van der Waals surface area contributed by atoms with E-state index in [0.717, 1.165) is 18.2 Å². The molecule has 0 spiro atoms. The molecule has 1 amide bonds. The first-order chi connectivity index (χ1) is 14.7. The summed E-state index contributed by atoms with van der Waals surface area (Å²) in [5.41, 5.74) is -1.12. The van der Waals surface area contributed by atoms with E-state index >= 15 is 0 Å². The van der Waals surface area contributed by atoms with Crippen molar-refractivity contribution >= 4 is 11.6 Å². The number of amides is 1.